The number of carbonyl (C=O) groups is 1. The van der Waals surface area contributed by atoms with E-state index in [2.05, 4.69) is 19.4 Å². The molecule has 0 unspecified atom stereocenters. The number of aromatic nitrogens is 2. The number of carbonyl (C=O) groups excluding carboxylic acids is 1. The molecule has 6 nitrogen and oxygen atoms in total. The van der Waals surface area contributed by atoms with Crippen molar-refractivity contribution in [2.75, 3.05) is 32.1 Å². The number of ether oxygens (including phenoxy) is 1. The van der Waals surface area contributed by atoms with Crippen LogP contribution in [-0.2, 0) is 9.53 Å². The molecule has 1 aromatic carbocycles. The summed E-state index contributed by atoms with van der Waals surface area (Å²) in [4.78, 5) is 11.6. The summed E-state index contributed by atoms with van der Waals surface area (Å²) in [6.45, 7) is 1.00. The Hall–Kier alpha value is -1.15. The molecule has 2 aromatic rings. The first-order valence-corrected chi connectivity index (χ1v) is 7.22. The summed E-state index contributed by atoms with van der Waals surface area (Å²) in [5.74, 6) is -0.163. The van der Waals surface area contributed by atoms with Crippen molar-refractivity contribution in [3.05, 3.63) is 16.1 Å². The molecular weight excluding hydrogens is 323 g/mol. The van der Waals surface area contributed by atoms with Crippen molar-refractivity contribution < 1.29 is 9.53 Å². The van der Waals surface area contributed by atoms with E-state index in [1.165, 1.54) is 0 Å². The molecule has 0 aliphatic carbocycles. The van der Waals surface area contributed by atoms with Crippen LogP contribution in [0.3, 0.4) is 0 Å². The summed E-state index contributed by atoms with van der Waals surface area (Å²) in [5.41, 5.74) is 1.70. The molecule has 1 heterocycles. The van der Waals surface area contributed by atoms with Gasteiger partial charge in [-0.05, 0) is 6.07 Å². The van der Waals surface area contributed by atoms with Gasteiger partial charge in [0.05, 0.1) is 40.6 Å². The first-order chi connectivity index (χ1) is 9.63. The third kappa shape index (κ3) is 3.49. The average molecular weight is 335 g/mol. The van der Waals surface area contributed by atoms with E-state index in [0.717, 1.165) is 11.7 Å². The van der Waals surface area contributed by atoms with Crippen LogP contribution in [0.4, 0.5) is 5.69 Å². The number of nitrogens with zero attached hydrogens (tertiary/aromatic N) is 2. The lowest BCUT2D eigenvalue weighted by Crippen LogP contribution is -2.32. The zero-order chi connectivity index (χ0) is 14.5. The van der Waals surface area contributed by atoms with Crippen LogP contribution in [-0.4, -0.2) is 41.5 Å². The predicted molar refractivity (Wildman–Crippen MR) is 80.8 cm³/mol. The number of anilines is 1. The number of hydrogen-bond donors (Lipinski definition) is 2. The normalized spacial score (nSPS) is 10.8. The summed E-state index contributed by atoms with van der Waals surface area (Å²) in [6, 6.07) is 1.58. The van der Waals surface area contributed by atoms with E-state index in [1.54, 1.807) is 13.2 Å². The quantitative estimate of drug-likeness (QED) is 0.792. The lowest BCUT2D eigenvalue weighted by atomic mass is 10.2. The maximum Gasteiger partial charge on any atom is 0.239 e. The van der Waals surface area contributed by atoms with Gasteiger partial charge in [-0.3, -0.25) is 4.79 Å². The highest BCUT2D eigenvalue weighted by molar-refractivity contribution is 7.00. The van der Waals surface area contributed by atoms with Crippen LogP contribution in [0.5, 0.6) is 0 Å². The maximum absolute atomic E-state index is 11.6. The molecule has 0 saturated heterocycles. The lowest BCUT2D eigenvalue weighted by Gasteiger charge is -2.09. The fourth-order valence-electron chi connectivity index (χ4n) is 1.57. The Labute approximate surface area is 129 Å². The van der Waals surface area contributed by atoms with Crippen LogP contribution in [0.1, 0.15) is 0 Å². The standard InChI is InChI=1S/C11H12Cl2N4O2S/c1-19-3-2-14-8(18)5-15-9-6(12)4-7(13)10-11(9)17-20-16-10/h4,15H,2-3,5H2,1H3,(H,14,18). The van der Waals surface area contributed by atoms with E-state index in [4.69, 9.17) is 27.9 Å². The molecule has 0 radical (unpaired) electrons. The van der Waals surface area contributed by atoms with Gasteiger partial charge in [0.25, 0.3) is 0 Å². The fourth-order valence-corrected chi connectivity index (χ4v) is 2.74. The highest BCUT2D eigenvalue weighted by Gasteiger charge is 2.14. The molecule has 9 heteroatoms. The number of benzene rings is 1. The molecule has 0 atom stereocenters. The minimum Gasteiger partial charge on any atom is -0.383 e. The third-order valence-corrected chi connectivity index (χ3v) is 3.61. The Morgan fingerprint density at radius 1 is 1.35 bits per heavy atom. The molecular formula is C11H12Cl2N4O2S. The summed E-state index contributed by atoms with van der Waals surface area (Å²) >= 11 is 13.2. The lowest BCUT2D eigenvalue weighted by molar-refractivity contribution is -0.119. The van der Waals surface area contributed by atoms with Gasteiger partial charge in [-0.15, -0.1) is 0 Å². The number of methoxy groups -OCH3 is 1. The number of nitrogens with one attached hydrogen (secondary N) is 2. The van der Waals surface area contributed by atoms with Gasteiger partial charge in [0.1, 0.15) is 11.0 Å². The van der Waals surface area contributed by atoms with Crippen molar-refractivity contribution in [3.8, 4) is 0 Å². The second kappa shape index (κ2) is 7.03. The maximum atomic E-state index is 11.6. The molecule has 108 valence electrons. The van der Waals surface area contributed by atoms with E-state index in [9.17, 15) is 4.79 Å². The SMILES string of the molecule is COCCNC(=O)CNc1c(Cl)cc(Cl)c2nsnc12. The van der Waals surface area contributed by atoms with Crippen LogP contribution < -0.4 is 10.6 Å². The Kier molecular flexibility index (Phi) is 5.36. The summed E-state index contributed by atoms with van der Waals surface area (Å²) in [7, 11) is 1.57. The number of fused-ring (bicyclic) bond motifs is 1. The molecule has 0 saturated carbocycles. The van der Waals surface area contributed by atoms with E-state index < -0.39 is 0 Å². The minimum absolute atomic E-state index is 0.0810. The van der Waals surface area contributed by atoms with Gasteiger partial charge in [-0.2, -0.15) is 8.75 Å². The Balaban J connectivity index is 2.06. The smallest absolute Gasteiger partial charge is 0.239 e. The molecule has 2 N–H and O–H groups in total. The monoisotopic (exact) mass is 334 g/mol. The minimum atomic E-state index is -0.163. The van der Waals surface area contributed by atoms with Gasteiger partial charge < -0.3 is 15.4 Å². The molecule has 0 bridgehead atoms. The van der Waals surface area contributed by atoms with Crippen molar-refractivity contribution in [1.29, 1.82) is 0 Å². The van der Waals surface area contributed by atoms with Gasteiger partial charge in [-0.1, -0.05) is 23.2 Å². The summed E-state index contributed by atoms with van der Waals surface area (Å²) in [5, 5.41) is 6.50. The van der Waals surface area contributed by atoms with Crippen molar-refractivity contribution in [1.82, 2.24) is 14.1 Å². The zero-order valence-corrected chi connectivity index (χ0v) is 12.9. The van der Waals surface area contributed by atoms with Crippen molar-refractivity contribution in [3.63, 3.8) is 0 Å². The number of amides is 1. The molecule has 20 heavy (non-hydrogen) atoms. The average Bonchev–Trinajstić information content (AvgIpc) is 2.88. The van der Waals surface area contributed by atoms with Gasteiger partial charge >= 0.3 is 0 Å². The molecule has 1 aromatic heterocycles. The fraction of sp³-hybridized carbons (Fsp3) is 0.364. The van der Waals surface area contributed by atoms with Crippen molar-refractivity contribution in [2.24, 2.45) is 0 Å². The molecule has 1 amide bonds. The number of rotatable bonds is 6. The van der Waals surface area contributed by atoms with Gasteiger partial charge in [-0.25, -0.2) is 0 Å². The van der Waals surface area contributed by atoms with E-state index in [1.807, 2.05) is 0 Å². The Bertz CT molecular complexity index is 620. The Morgan fingerprint density at radius 3 is 2.85 bits per heavy atom. The summed E-state index contributed by atoms with van der Waals surface area (Å²) in [6.07, 6.45) is 0. The van der Waals surface area contributed by atoms with Gasteiger partial charge in [0, 0.05) is 13.7 Å². The highest BCUT2D eigenvalue weighted by Crippen LogP contribution is 2.34. The van der Waals surface area contributed by atoms with Crippen molar-refractivity contribution >= 4 is 57.6 Å². The van der Waals surface area contributed by atoms with E-state index in [-0.39, 0.29) is 12.5 Å². The third-order valence-electron chi connectivity index (χ3n) is 2.50. The molecule has 0 fully saturated rings. The number of halogens is 2. The Morgan fingerprint density at radius 2 is 2.10 bits per heavy atom. The van der Waals surface area contributed by atoms with Crippen LogP contribution in [0.25, 0.3) is 11.0 Å². The second-order valence-electron chi connectivity index (χ2n) is 3.87. The number of hydrogen-bond acceptors (Lipinski definition) is 6. The topological polar surface area (TPSA) is 76.1 Å². The van der Waals surface area contributed by atoms with Crippen molar-refractivity contribution in [2.45, 2.75) is 0 Å². The van der Waals surface area contributed by atoms with Crippen LogP contribution in [0, 0.1) is 0 Å². The van der Waals surface area contributed by atoms with E-state index in [0.29, 0.717) is 39.9 Å². The first kappa shape index (κ1) is 15.2. The molecule has 0 spiro atoms. The highest BCUT2D eigenvalue weighted by atomic mass is 35.5. The molecule has 0 aliphatic heterocycles. The molecule has 0 aliphatic rings. The van der Waals surface area contributed by atoms with Crippen LogP contribution in [0.15, 0.2) is 6.07 Å². The summed E-state index contributed by atoms with van der Waals surface area (Å²) < 4.78 is 13.1. The van der Waals surface area contributed by atoms with Crippen LogP contribution >= 0.6 is 34.9 Å². The first-order valence-electron chi connectivity index (χ1n) is 5.73. The van der Waals surface area contributed by atoms with E-state index >= 15 is 0 Å². The van der Waals surface area contributed by atoms with Gasteiger partial charge in [0.15, 0.2) is 0 Å². The predicted octanol–water partition coefficient (Wildman–Crippen LogP) is 2.17. The van der Waals surface area contributed by atoms with Gasteiger partial charge in [0.2, 0.25) is 5.91 Å². The largest absolute Gasteiger partial charge is 0.383 e. The zero-order valence-electron chi connectivity index (χ0n) is 10.6. The second-order valence-corrected chi connectivity index (χ2v) is 5.22. The molecule has 2 rings (SSSR count). The van der Waals surface area contributed by atoms with Crippen LogP contribution in [0.2, 0.25) is 10.0 Å².